The maximum absolute atomic E-state index is 5.86. The van der Waals surface area contributed by atoms with Crippen LogP contribution >= 0.6 is 11.6 Å². The van der Waals surface area contributed by atoms with E-state index in [0.29, 0.717) is 17.3 Å². The van der Waals surface area contributed by atoms with E-state index in [0.717, 1.165) is 0 Å². The molecular formula is C9H12ClN3. The molecule has 3 nitrogen and oxygen atoms in total. The number of rotatable bonds is 0. The van der Waals surface area contributed by atoms with Crippen LogP contribution in [0.2, 0.25) is 0 Å². The Morgan fingerprint density at radius 2 is 2.54 bits per heavy atom. The highest BCUT2D eigenvalue weighted by molar-refractivity contribution is 6.68. The van der Waals surface area contributed by atoms with Crippen molar-refractivity contribution >= 4 is 16.8 Å². The van der Waals surface area contributed by atoms with Crippen LogP contribution < -0.4 is 5.32 Å². The molecule has 4 heteroatoms. The molecule has 13 heavy (non-hydrogen) atoms. The molecule has 2 saturated heterocycles. The second-order valence-electron chi connectivity index (χ2n) is 3.89. The minimum Gasteiger partial charge on any atom is -0.292 e. The molecule has 0 spiro atoms. The lowest BCUT2D eigenvalue weighted by Crippen LogP contribution is -2.56. The van der Waals surface area contributed by atoms with Crippen molar-refractivity contribution in [3.8, 4) is 0 Å². The van der Waals surface area contributed by atoms with Gasteiger partial charge in [0.15, 0.2) is 0 Å². The van der Waals surface area contributed by atoms with Gasteiger partial charge in [0.25, 0.3) is 0 Å². The minimum absolute atomic E-state index is 0.193. The fourth-order valence-corrected chi connectivity index (χ4v) is 2.61. The second-order valence-corrected chi connectivity index (χ2v) is 4.28. The van der Waals surface area contributed by atoms with Crippen molar-refractivity contribution in [2.24, 2.45) is 4.99 Å². The summed E-state index contributed by atoms with van der Waals surface area (Å²) in [7, 11) is 0. The first-order chi connectivity index (χ1) is 6.33. The zero-order valence-electron chi connectivity index (χ0n) is 7.28. The van der Waals surface area contributed by atoms with Crippen LogP contribution in [0.15, 0.2) is 17.1 Å². The van der Waals surface area contributed by atoms with Crippen molar-refractivity contribution in [1.29, 1.82) is 0 Å². The van der Waals surface area contributed by atoms with Crippen LogP contribution in [0.5, 0.6) is 0 Å². The molecule has 3 aliphatic rings. The normalized spacial score (nSPS) is 47.3. The smallest absolute Gasteiger partial charge is 0.125 e. The fourth-order valence-electron chi connectivity index (χ4n) is 2.43. The Kier molecular flexibility index (Phi) is 1.72. The van der Waals surface area contributed by atoms with E-state index in [1.165, 1.54) is 19.5 Å². The van der Waals surface area contributed by atoms with E-state index in [1.54, 1.807) is 0 Å². The SMILES string of the molecule is ClC1=NC2N[C@H]3CCN(C3)[C@@H]2C=C1. The Morgan fingerprint density at radius 3 is 3.46 bits per heavy atom. The first-order valence-electron chi connectivity index (χ1n) is 4.74. The number of hydrogen-bond donors (Lipinski definition) is 1. The quantitative estimate of drug-likeness (QED) is 0.615. The van der Waals surface area contributed by atoms with Gasteiger partial charge in [0.1, 0.15) is 11.3 Å². The average molecular weight is 198 g/mol. The van der Waals surface area contributed by atoms with Crippen molar-refractivity contribution < 1.29 is 0 Å². The van der Waals surface area contributed by atoms with Crippen LogP contribution in [0.4, 0.5) is 0 Å². The van der Waals surface area contributed by atoms with Crippen LogP contribution in [-0.2, 0) is 0 Å². The third-order valence-corrected chi connectivity index (χ3v) is 3.29. The monoisotopic (exact) mass is 197 g/mol. The maximum atomic E-state index is 5.86. The Morgan fingerprint density at radius 1 is 1.62 bits per heavy atom. The molecule has 0 saturated carbocycles. The van der Waals surface area contributed by atoms with Crippen LogP contribution in [0.3, 0.4) is 0 Å². The Labute approximate surface area is 82.5 Å². The molecule has 2 bridgehead atoms. The molecule has 0 aromatic carbocycles. The summed E-state index contributed by atoms with van der Waals surface area (Å²) in [5.74, 6) is 0. The molecule has 70 valence electrons. The Hall–Kier alpha value is -0.380. The van der Waals surface area contributed by atoms with Gasteiger partial charge in [-0.15, -0.1) is 0 Å². The van der Waals surface area contributed by atoms with E-state index in [4.69, 9.17) is 11.6 Å². The van der Waals surface area contributed by atoms with Crippen LogP contribution in [0.1, 0.15) is 6.42 Å². The molecule has 2 fully saturated rings. The average Bonchev–Trinajstić information content (AvgIpc) is 2.48. The number of halogens is 1. The molecule has 4 atom stereocenters. The summed E-state index contributed by atoms with van der Waals surface area (Å²) in [5.41, 5.74) is 0. The summed E-state index contributed by atoms with van der Waals surface area (Å²) >= 11 is 5.86. The van der Waals surface area contributed by atoms with Gasteiger partial charge in [-0.3, -0.25) is 15.2 Å². The lowest BCUT2D eigenvalue weighted by atomic mass is 10.1. The summed E-state index contributed by atoms with van der Waals surface area (Å²) in [6, 6.07) is 1.06. The number of allylic oxidation sites excluding steroid dienone is 1. The molecule has 3 rings (SSSR count). The van der Waals surface area contributed by atoms with Gasteiger partial charge in [-0.2, -0.15) is 0 Å². The molecule has 0 aromatic heterocycles. The molecule has 1 N–H and O–H groups in total. The number of aliphatic imine (C=N–C) groups is 1. The first kappa shape index (κ1) is 7.97. The molecule has 0 aromatic rings. The zero-order chi connectivity index (χ0) is 8.84. The van der Waals surface area contributed by atoms with Crippen molar-refractivity contribution in [2.45, 2.75) is 24.7 Å². The highest BCUT2D eigenvalue weighted by Gasteiger charge is 2.39. The molecular weight excluding hydrogens is 186 g/mol. The van der Waals surface area contributed by atoms with E-state index >= 15 is 0 Å². The van der Waals surface area contributed by atoms with Gasteiger partial charge >= 0.3 is 0 Å². The standard InChI is InChI=1S/C9H12ClN3/c10-8-2-1-7-9(12-8)11-6-3-4-13(7)5-6/h1-2,6-7,9,11H,3-5H2/t6-,7+,9?/m0/s1. The van der Waals surface area contributed by atoms with E-state index < -0.39 is 0 Å². The van der Waals surface area contributed by atoms with Gasteiger partial charge in [-0.05, 0) is 12.5 Å². The lowest BCUT2D eigenvalue weighted by molar-refractivity contribution is 0.186. The molecule has 2 unspecified atom stereocenters. The maximum Gasteiger partial charge on any atom is 0.125 e. The van der Waals surface area contributed by atoms with Gasteiger partial charge < -0.3 is 0 Å². The Balaban J connectivity index is 1.90. The summed E-state index contributed by atoms with van der Waals surface area (Å²) in [4.78, 5) is 6.87. The summed E-state index contributed by atoms with van der Waals surface area (Å²) in [6.45, 7) is 2.36. The number of fused-ring (bicyclic) bond motifs is 4. The van der Waals surface area contributed by atoms with E-state index in [9.17, 15) is 0 Å². The summed E-state index contributed by atoms with van der Waals surface area (Å²) in [6.07, 6.45) is 5.50. The van der Waals surface area contributed by atoms with Crippen molar-refractivity contribution in [1.82, 2.24) is 10.2 Å². The Bertz CT molecular complexity index is 287. The third kappa shape index (κ3) is 1.23. The fraction of sp³-hybridized carbons (Fsp3) is 0.667. The van der Waals surface area contributed by atoms with E-state index in [-0.39, 0.29) is 6.17 Å². The van der Waals surface area contributed by atoms with Gasteiger partial charge in [0, 0.05) is 19.1 Å². The van der Waals surface area contributed by atoms with Crippen molar-refractivity contribution in [3.05, 3.63) is 12.2 Å². The van der Waals surface area contributed by atoms with Crippen molar-refractivity contribution in [2.75, 3.05) is 13.1 Å². The van der Waals surface area contributed by atoms with Gasteiger partial charge in [0.05, 0.1) is 6.04 Å². The molecule has 0 aliphatic carbocycles. The third-order valence-electron chi connectivity index (χ3n) is 3.06. The predicted molar refractivity (Wildman–Crippen MR) is 53.1 cm³/mol. The molecule has 0 amide bonds. The largest absolute Gasteiger partial charge is 0.292 e. The second kappa shape index (κ2) is 2.80. The highest BCUT2D eigenvalue weighted by Crippen LogP contribution is 2.25. The first-order valence-corrected chi connectivity index (χ1v) is 5.12. The molecule has 3 heterocycles. The number of hydrogen-bond acceptors (Lipinski definition) is 3. The van der Waals surface area contributed by atoms with Crippen molar-refractivity contribution in [3.63, 3.8) is 0 Å². The topological polar surface area (TPSA) is 27.6 Å². The number of dihydropyridines is 1. The van der Waals surface area contributed by atoms with Gasteiger partial charge in [-0.1, -0.05) is 17.7 Å². The molecule has 3 aliphatic heterocycles. The molecule has 0 radical (unpaired) electrons. The van der Waals surface area contributed by atoms with Gasteiger partial charge in [0.2, 0.25) is 0 Å². The van der Waals surface area contributed by atoms with Gasteiger partial charge in [-0.25, -0.2) is 0 Å². The van der Waals surface area contributed by atoms with E-state index in [2.05, 4.69) is 21.3 Å². The lowest BCUT2D eigenvalue weighted by Gasteiger charge is -2.37. The van der Waals surface area contributed by atoms with Crippen LogP contribution in [0, 0.1) is 0 Å². The van der Waals surface area contributed by atoms with Crippen LogP contribution in [-0.4, -0.2) is 41.4 Å². The zero-order valence-corrected chi connectivity index (χ0v) is 8.04. The number of nitrogens with one attached hydrogen (secondary N) is 1. The van der Waals surface area contributed by atoms with Crippen LogP contribution in [0.25, 0.3) is 0 Å². The highest BCUT2D eigenvalue weighted by atomic mass is 35.5. The predicted octanol–water partition coefficient (Wildman–Crippen LogP) is 0.566. The summed E-state index contributed by atoms with van der Waals surface area (Å²) < 4.78 is 0. The minimum atomic E-state index is 0.193. The number of piperazine rings is 1. The number of nitrogens with zero attached hydrogens (tertiary/aromatic N) is 2. The van der Waals surface area contributed by atoms with E-state index in [1.807, 2.05) is 6.08 Å². The summed E-state index contributed by atoms with van der Waals surface area (Å²) in [5, 5.41) is 4.13.